The Kier molecular flexibility index (Phi) is 4.91. The summed E-state index contributed by atoms with van der Waals surface area (Å²) in [5, 5.41) is 20.5. The van der Waals surface area contributed by atoms with Crippen molar-refractivity contribution in [3.63, 3.8) is 0 Å². The van der Waals surface area contributed by atoms with Gasteiger partial charge in [-0.25, -0.2) is 13.1 Å². The van der Waals surface area contributed by atoms with Gasteiger partial charge in [0.05, 0.1) is 28.4 Å². The fourth-order valence-corrected chi connectivity index (χ4v) is 2.90. The summed E-state index contributed by atoms with van der Waals surface area (Å²) in [5.74, 6) is 0. The molecule has 1 heterocycles. The first kappa shape index (κ1) is 16.1. The number of nitro groups is 1. The van der Waals surface area contributed by atoms with E-state index < -0.39 is 21.1 Å². The molecule has 22 heavy (non-hydrogen) atoms. The standard InChI is InChI=1S/C13H14N2O6S/c16-13(10-5-7-21-9-10)4-6-14-22(19,20)12-3-1-2-11(8-12)15(17)18/h1-3,5,7-9,13-14,16H,4,6H2. The Morgan fingerprint density at radius 3 is 2.77 bits per heavy atom. The van der Waals surface area contributed by atoms with Gasteiger partial charge in [-0.1, -0.05) is 6.07 Å². The van der Waals surface area contributed by atoms with Crippen LogP contribution in [0.15, 0.2) is 52.2 Å². The number of aliphatic hydroxyl groups is 1. The first-order chi connectivity index (χ1) is 10.4. The highest BCUT2D eigenvalue weighted by Gasteiger charge is 2.18. The monoisotopic (exact) mass is 326 g/mol. The number of nitro benzene ring substituents is 1. The van der Waals surface area contributed by atoms with Crippen molar-refractivity contribution in [2.75, 3.05) is 6.54 Å². The summed E-state index contributed by atoms with van der Waals surface area (Å²) in [6.07, 6.45) is 2.07. The zero-order valence-electron chi connectivity index (χ0n) is 11.4. The average molecular weight is 326 g/mol. The normalized spacial score (nSPS) is 13.0. The van der Waals surface area contributed by atoms with E-state index in [0.29, 0.717) is 5.56 Å². The Morgan fingerprint density at radius 1 is 1.36 bits per heavy atom. The number of furan rings is 1. The molecule has 2 aromatic rings. The molecule has 0 amide bonds. The molecule has 0 bridgehead atoms. The maximum Gasteiger partial charge on any atom is 0.270 e. The van der Waals surface area contributed by atoms with Gasteiger partial charge >= 0.3 is 0 Å². The van der Waals surface area contributed by atoms with Crippen LogP contribution in [0.1, 0.15) is 18.1 Å². The molecule has 0 fully saturated rings. The van der Waals surface area contributed by atoms with Gasteiger partial charge in [-0.3, -0.25) is 10.1 Å². The van der Waals surface area contributed by atoms with Gasteiger partial charge in [-0.2, -0.15) is 0 Å². The third-order valence-electron chi connectivity index (χ3n) is 2.98. The van der Waals surface area contributed by atoms with Gasteiger partial charge in [0.15, 0.2) is 0 Å². The van der Waals surface area contributed by atoms with E-state index in [1.165, 1.54) is 30.7 Å². The molecule has 1 unspecified atom stereocenters. The number of hydrogen-bond donors (Lipinski definition) is 2. The number of nitrogens with one attached hydrogen (secondary N) is 1. The third kappa shape index (κ3) is 3.91. The maximum atomic E-state index is 12.0. The van der Waals surface area contributed by atoms with E-state index in [4.69, 9.17) is 4.42 Å². The lowest BCUT2D eigenvalue weighted by atomic mass is 10.1. The SMILES string of the molecule is O=[N+]([O-])c1cccc(S(=O)(=O)NCCC(O)c2ccoc2)c1. The van der Waals surface area contributed by atoms with E-state index in [1.54, 1.807) is 6.07 Å². The second-order valence-electron chi connectivity index (χ2n) is 4.51. The zero-order valence-corrected chi connectivity index (χ0v) is 12.2. The summed E-state index contributed by atoms with van der Waals surface area (Å²) in [5.41, 5.74) is 0.246. The van der Waals surface area contributed by atoms with E-state index >= 15 is 0 Å². The number of aliphatic hydroxyl groups excluding tert-OH is 1. The third-order valence-corrected chi connectivity index (χ3v) is 4.44. The van der Waals surface area contributed by atoms with E-state index in [2.05, 4.69) is 4.72 Å². The van der Waals surface area contributed by atoms with Gasteiger partial charge in [0.25, 0.3) is 5.69 Å². The van der Waals surface area contributed by atoms with Crippen molar-refractivity contribution in [2.24, 2.45) is 0 Å². The molecule has 0 aliphatic rings. The predicted octanol–water partition coefficient (Wildman–Crippen LogP) is 1.59. The molecule has 1 aromatic carbocycles. The van der Waals surface area contributed by atoms with Crippen molar-refractivity contribution in [2.45, 2.75) is 17.4 Å². The van der Waals surface area contributed by atoms with Crippen LogP contribution in [0.4, 0.5) is 5.69 Å². The molecule has 1 atom stereocenters. The van der Waals surface area contributed by atoms with Gasteiger partial charge in [0.2, 0.25) is 10.0 Å². The van der Waals surface area contributed by atoms with E-state index in [-0.39, 0.29) is 23.5 Å². The van der Waals surface area contributed by atoms with Gasteiger partial charge in [-0.05, 0) is 18.6 Å². The average Bonchev–Trinajstić information content (AvgIpc) is 3.01. The molecule has 0 spiro atoms. The second kappa shape index (κ2) is 6.69. The number of hydrogen-bond acceptors (Lipinski definition) is 6. The summed E-state index contributed by atoms with van der Waals surface area (Å²) in [4.78, 5) is 9.80. The fraction of sp³-hybridized carbons (Fsp3) is 0.231. The molecular formula is C13H14N2O6S. The first-order valence-electron chi connectivity index (χ1n) is 6.34. The van der Waals surface area contributed by atoms with Crippen molar-refractivity contribution in [3.05, 3.63) is 58.5 Å². The first-order valence-corrected chi connectivity index (χ1v) is 7.83. The van der Waals surface area contributed by atoms with E-state index in [9.17, 15) is 23.6 Å². The fourth-order valence-electron chi connectivity index (χ4n) is 1.81. The minimum atomic E-state index is -3.87. The van der Waals surface area contributed by atoms with Crippen molar-refractivity contribution in [1.82, 2.24) is 4.72 Å². The van der Waals surface area contributed by atoms with Crippen LogP contribution in [-0.4, -0.2) is 25.0 Å². The van der Waals surface area contributed by atoms with Crippen molar-refractivity contribution >= 4 is 15.7 Å². The lowest BCUT2D eigenvalue weighted by Gasteiger charge is -2.10. The molecule has 0 saturated heterocycles. The quantitative estimate of drug-likeness (QED) is 0.588. The zero-order chi connectivity index (χ0) is 16.2. The number of non-ortho nitro benzene ring substituents is 1. The lowest BCUT2D eigenvalue weighted by Crippen LogP contribution is -2.26. The van der Waals surface area contributed by atoms with Crippen LogP contribution in [-0.2, 0) is 10.0 Å². The molecule has 0 aliphatic heterocycles. The molecule has 8 nitrogen and oxygen atoms in total. The molecular weight excluding hydrogens is 312 g/mol. The second-order valence-corrected chi connectivity index (χ2v) is 6.28. The maximum absolute atomic E-state index is 12.0. The van der Waals surface area contributed by atoms with E-state index in [1.807, 2.05) is 0 Å². The number of nitrogens with zero attached hydrogens (tertiary/aromatic N) is 1. The molecule has 1 aromatic heterocycles. The molecule has 2 rings (SSSR count). The van der Waals surface area contributed by atoms with Crippen LogP contribution < -0.4 is 4.72 Å². The minimum Gasteiger partial charge on any atom is -0.472 e. The largest absolute Gasteiger partial charge is 0.472 e. The number of benzene rings is 1. The summed E-state index contributed by atoms with van der Waals surface area (Å²) >= 11 is 0. The molecule has 9 heteroatoms. The number of sulfonamides is 1. The van der Waals surface area contributed by atoms with Gasteiger partial charge in [0.1, 0.15) is 0 Å². The summed E-state index contributed by atoms with van der Waals surface area (Å²) < 4.78 is 31.2. The highest BCUT2D eigenvalue weighted by Crippen LogP contribution is 2.18. The molecule has 0 radical (unpaired) electrons. The Balaban J connectivity index is 1.99. The van der Waals surface area contributed by atoms with Crippen LogP contribution in [0.2, 0.25) is 0 Å². The van der Waals surface area contributed by atoms with Gasteiger partial charge in [0, 0.05) is 24.2 Å². The molecule has 0 aliphatic carbocycles. The van der Waals surface area contributed by atoms with Crippen LogP contribution >= 0.6 is 0 Å². The van der Waals surface area contributed by atoms with Gasteiger partial charge in [-0.15, -0.1) is 0 Å². The smallest absolute Gasteiger partial charge is 0.270 e. The predicted molar refractivity (Wildman–Crippen MR) is 76.6 cm³/mol. The van der Waals surface area contributed by atoms with Crippen LogP contribution in [0, 0.1) is 10.1 Å². The van der Waals surface area contributed by atoms with E-state index in [0.717, 1.165) is 6.07 Å². The van der Waals surface area contributed by atoms with Gasteiger partial charge < -0.3 is 9.52 Å². The van der Waals surface area contributed by atoms with Crippen molar-refractivity contribution in [3.8, 4) is 0 Å². The minimum absolute atomic E-state index is 0.0165. The molecule has 118 valence electrons. The summed E-state index contributed by atoms with van der Waals surface area (Å²) in [7, 11) is -3.87. The van der Waals surface area contributed by atoms with Crippen molar-refractivity contribution in [1.29, 1.82) is 0 Å². The Hall–Kier alpha value is -2.23. The molecule has 0 saturated carbocycles. The lowest BCUT2D eigenvalue weighted by molar-refractivity contribution is -0.385. The molecule has 2 N–H and O–H groups in total. The van der Waals surface area contributed by atoms with Crippen molar-refractivity contribution < 1.29 is 22.9 Å². The highest BCUT2D eigenvalue weighted by molar-refractivity contribution is 7.89. The number of rotatable bonds is 7. The Bertz CT molecular complexity index is 742. The van der Waals surface area contributed by atoms with Crippen LogP contribution in [0.3, 0.4) is 0 Å². The van der Waals surface area contributed by atoms with Crippen LogP contribution in [0.5, 0.6) is 0 Å². The summed E-state index contributed by atoms with van der Waals surface area (Å²) in [6, 6.07) is 6.34. The van der Waals surface area contributed by atoms with Crippen LogP contribution in [0.25, 0.3) is 0 Å². The highest BCUT2D eigenvalue weighted by atomic mass is 32.2. The topological polar surface area (TPSA) is 123 Å². The Morgan fingerprint density at radius 2 is 2.14 bits per heavy atom. The Labute approximate surface area is 126 Å². The summed E-state index contributed by atoms with van der Waals surface area (Å²) in [6.45, 7) is -0.0165.